The standard InChI is InChI=1S/C15H15ClFN3/c1-20(9-10-5-6-14(17)13(16)7-10)12-4-2-3-11(8-12)15(18)19/h2-8H,9H2,1H3,(H3,18,19). The van der Waals surface area contributed by atoms with E-state index in [2.05, 4.69) is 0 Å². The lowest BCUT2D eigenvalue weighted by atomic mass is 10.1. The van der Waals surface area contributed by atoms with Gasteiger partial charge in [-0.25, -0.2) is 4.39 Å². The van der Waals surface area contributed by atoms with Crippen molar-refractivity contribution >= 4 is 23.1 Å². The van der Waals surface area contributed by atoms with Crippen LogP contribution in [-0.4, -0.2) is 12.9 Å². The van der Waals surface area contributed by atoms with Crippen molar-refractivity contribution in [3.8, 4) is 0 Å². The molecule has 2 aromatic rings. The van der Waals surface area contributed by atoms with Crippen LogP contribution in [0.5, 0.6) is 0 Å². The number of amidine groups is 1. The van der Waals surface area contributed by atoms with Gasteiger partial charge >= 0.3 is 0 Å². The maximum absolute atomic E-state index is 13.1. The average Bonchev–Trinajstić information content (AvgIpc) is 2.43. The second-order valence-corrected chi connectivity index (χ2v) is 4.98. The second kappa shape index (κ2) is 5.92. The highest BCUT2D eigenvalue weighted by molar-refractivity contribution is 6.30. The molecule has 0 heterocycles. The van der Waals surface area contributed by atoms with Gasteiger partial charge in [-0.05, 0) is 29.8 Å². The summed E-state index contributed by atoms with van der Waals surface area (Å²) in [5.74, 6) is -0.387. The highest BCUT2D eigenvalue weighted by atomic mass is 35.5. The minimum absolute atomic E-state index is 0.0325. The molecule has 0 fully saturated rings. The van der Waals surface area contributed by atoms with Gasteiger partial charge in [-0.3, -0.25) is 5.41 Å². The van der Waals surface area contributed by atoms with E-state index in [9.17, 15) is 4.39 Å². The number of benzene rings is 2. The van der Waals surface area contributed by atoms with E-state index in [-0.39, 0.29) is 10.9 Å². The van der Waals surface area contributed by atoms with Gasteiger partial charge < -0.3 is 10.6 Å². The van der Waals surface area contributed by atoms with Gasteiger partial charge in [0.1, 0.15) is 11.7 Å². The maximum Gasteiger partial charge on any atom is 0.141 e. The molecule has 0 radical (unpaired) electrons. The predicted molar refractivity (Wildman–Crippen MR) is 81.0 cm³/mol. The molecule has 0 saturated carbocycles. The number of hydrogen-bond donors (Lipinski definition) is 2. The predicted octanol–water partition coefficient (Wildman–Crippen LogP) is 3.40. The number of nitrogens with two attached hydrogens (primary N) is 1. The molecule has 0 aliphatic heterocycles. The van der Waals surface area contributed by atoms with E-state index in [1.165, 1.54) is 6.07 Å². The zero-order chi connectivity index (χ0) is 14.7. The molecule has 0 aliphatic rings. The number of nitrogen functional groups attached to an aromatic ring is 1. The Kier molecular flexibility index (Phi) is 4.25. The molecule has 3 N–H and O–H groups in total. The van der Waals surface area contributed by atoms with Crippen LogP contribution < -0.4 is 10.6 Å². The molecule has 0 aliphatic carbocycles. The third-order valence-electron chi connectivity index (χ3n) is 3.00. The van der Waals surface area contributed by atoms with E-state index in [1.54, 1.807) is 18.2 Å². The largest absolute Gasteiger partial charge is 0.384 e. The topological polar surface area (TPSA) is 53.1 Å². The van der Waals surface area contributed by atoms with Crippen LogP contribution in [0.2, 0.25) is 5.02 Å². The molecular formula is C15H15ClFN3. The van der Waals surface area contributed by atoms with Gasteiger partial charge in [0.05, 0.1) is 5.02 Å². The van der Waals surface area contributed by atoms with Crippen molar-refractivity contribution in [2.24, 2.45) is 5.73 Å². The Morgan fingerprint density at radius 3 is 2.70 bits per heavy atom. The maximum atomic E-state index is 13.1. The van der Waals surface area contributed by atoms with Gasteiger partial charge in [-0.2, -0.15) is 0 Å². The van der Waals surface area contributed by atoms with Crippen LogP contribution >= 0.6 is 11.6 Å². The van der Waals surface area contributed by atoms with Crippen LogP contribution in [0.25, 0.3) is 0 Å². The highest BCUT2D eigenvalue weighted by Crippen LogP contribution is 2.20. The summed E-state index contributed by atoms with van der Waals surface area (Å²) in [6.07, 6.45) is 0. The van der Waals surface area contributed by atoms with Gasteiger partial charge in [0.15, 0.2) is 0 Å². The molecular weight excluding hydrogens is 277 g/mol. The molecule has 5 heteroatoms. The highest BCUT2D eigenvalue weighted by Gasteiger charge is 2.06. The van der Waals surface area contributed by atoms with Crippen molar-refractivity contribution in [1.82, 2.24) is 0 Å². The van der Waals surface area contributed by atoms with Gasteiger partial charge in [-0.15, -0.1) is 0 Å². The van der Waals surface area contributed by atoms with E-state index in [0.717, 1.165) is 11.3 Å². The first-order valence-corrected chi connectivity index (χ1v) is 6.44. The summed E-state index contributed by atoms with van der Waals surface area (Å²) in [4.78, 5) is 1.98. The third kappa shape index (κ3) is 3.27. The van der Waals surface area contributed by atoms with E-state index in [4.69, 9.17) is 22.7 Å². The van der Waals surface area contributed by atoms with Crippen molar-refractivity contribution in [2.75, 3.05) is 11.9 Å². The summed E-state index contributed by atoms with van der Waals surface area (Å²) in [6, 6.07) is 12.1. The molecule has 0 spiro atoms. The Balaban J connectivity index is 2.19. The minimum atomic E-state index is -0.420. The summed E-state index contributed by atoms with van der Waals surface area (Å²) < 4.78 is 13.1. The lowest BCUT2D eigenvalue weighted by Gasteiger charge is -2.20. The second-order valence-electron chi connectivity index (χ2n) is 4.57. The van der Waals surface area contributed by atoms with Gasteiger partial charge in [0, 0.05) is 24.8 Å². The number of anilines is 1. The zero-order valence-electron chi connectivity index (χ0n) is 11.0. The number of halogens is 2. The minimum Gasteiger partial charge on any atom is -0.384 e. The molecule has 0 atom stereocenters. The summed E-state index contributed by atoms with van der Waals surface area (Å²) in [6.45, 7) is 0.585. The summed E-state index contributed by atoms with van der Waals surface area (Å²) in [5.41, 5.74) is 7.99. The lowest BCUT2D eigenvalue weighted by Crippen LogP contribution is -2.18. The quantitative estimate of drug-likeness (QED) is 0.670. The monoisotopic (exact) mass is 291 g/mol. The van der Waals surface area contributed by atoms with E-state index in [1.807, 2.05) is 30.1 Å². The van der Waals surface area contributed by atoms with Crippen LogP contribution in [0.3, 0.4) is 0 Å². The van der Waals surface area contributed by atoms with Crippen molar-refractivity contribution in [3.05, 3.63) is 64.4 Å². The summed E-state index contributed by atoms with van der Waals surface area (Å²) >= 11 is 5.77. The third-order valence-corrected chi connectivity index (χ3v) is 3.29. The van der Waals surface area contributed by atoms with Crippen LogP contribution in [0.4, 0.5) is 10.1 Å². The number of hydrogen-bond acceptors (Lipinski definition) is 2. The normalized spacial score (nSPS) is 10.3. The molecule has 20 heavy (non-hydrogen) atoms. The average molecular weight is 292 g/mol. The fourth-order valence-electron chi connectivity index (χ4n) is 1.91. The molecule has 104 valence electrons. The van der Waals surface area contributed by atoms with Crippen LogP contribution in [0, 0.1) is 11.2 Å². The first-order valence-electron chi connectivity index (χ1n) is 6.07. The number of rotatable bonds is 4. The van der Waals surface area contributed by atoms with Gasteiger partial charge in [0.2, 0.25) is 0 Å². The van der Waals surface area contributed by atoms with Crippen LogP contribution in [-0.2, 0) is 6.54 Å². The van der Waals surface area contributed by atoms with Crippen molar-refractivity contribution in [1.29, 1.82) is 5.41 Å². The fourth-order valence-corrected chi connectivity index (χ4v) is 2.12. The van der Waals surface area contributed by atoms with Crippen molar-refractivity contribution < 1.29 is 4.39 Å². The molecule has 0 aromatic heterocycles. The Morgan fingerprint density at radius 2 is 2.05 bits per heavy atom. The lowest BCUT2D eigenvalue weighted by molar-refractivity contribution is 0.627. The Bertz CT molecular complexity index is 643. The molecule has 2 rings (SSSR count). The van der Waals surface area contributed by atoms with E-state index >= 15 is 0 Å². The molecule has 0 unspecified atom stereocenters. The van der Waals surface area contributed by atoms with Crippen molar-refractivity contribution in [3.63, 3.8) is 0 Å². The molecule has 0 amide bonds. The number of nitrogens with one attached hydrogen (secondary N) is 1. The van der Waals surface area contributed by atoms with Crippen LogP contribution in [0.1, 0.15) is 11.1 Å². The fraction of sp³-hybridized carbons (Fsp3) is 0.133. The molecule has 3 nitrogen and oxygen atoms in total. The van der Waals surface area contributed by atoms with E-state index in [0.29, 0.717) is 12.1 Å². The van der Waals surface area contributed by atoms with Gasteiger partial charge in [0.25, 0.3) is 0 Å². The first kappa shape index (κ1) is 14.3. The number of nitrogens with zero attached hydrogens (tertiary/aromatic N) is 1. The summed E-state index contributed by atoms with van der Waals surface area (Å²) in [5, 5.41) is 7.56. The first-order chi connectivity index (χ1) is 9.47. The summed E-state index contributed by atoms with van der Waals surface area (Å²) in [7, 11) is 1.91. The zero-order valence-corrected chi connectivity index (χ0v) is 11.8. The van der Waals surface area contributed by atoms with Crippen molar-refractivity contribution in [2.45, 2.75) is 6.54 Å². The molecule has 0 bridgehead atoms. The Hall–Kier alpha value is -2.07. The molecule has 2 aromatic carbocycles. The van der Waals surface area contributed by atoms with E-state index < -0.39 is 5.82 Å². The molecule has 0 saturated heterocycles. The Labute approximate surface area is 122 Å². The SMILES string of the molecule is CN(Cc1ccc(F)c(Cl)c1)c1cccc(C(=N)N)c1. The van der Waals surface area contributed by atoms with Gasteiger partial charge in [-0.1, -0.05) is 29.8 Å². The Morgan fingerprint density at radius 1 is 1.30 bits per heavy atom. The van der Waals surface area contributed by atoms with Crippen LogP contribution in [0.15, 0.2) is 42.5 Å². The smallest absolute Gasteiger partial charge is 0.141 e.